The number of halogens is 6. The summed E-state index contributed by atoms with van der Waals surface area (Å²) < 4.78 is 91.0. The molecule has 5 aliphatic heterocycles. The summed E-state index contributed by atoms with van der Waals surface area (Å²) in [5, 5.41) is 31.6. The molecular formula is C101H111F6N23O9. The number of hydrogen-bond acceptors (Lipinski definition) is 20. The fourth-order valence-corrected chi connectivity index (χ4v) is 17.5. The largest absolute Gasteiger partial charge is 0.417 e. The molecule has 726 valence electrons. The van der Waals surface area contributed by atoms with Crippen molar-refractivity contribution in [3.8, 4) is 45.0 Å². The van der Waals surface area contributed by atoms with Gasteiger partial charge in [-0.2, -0.15) is 20.4 Å². The van der Waals surface area contributed by atoms with Gasteiger partial charge in [-0.15, -0.1) is 10.2 Å². The van der Waals surface area contributed by atoms with Crippen molar-refractivity contribution in [2.45, 2.75) is 190 Å². The van der Waals surface area contributed by atoms with Crippen LogP contribution in [-0.4, -0.2) is 245 Å². The van der Waals surface area contributed by atoms with Gasteiger partial charge < -0.3 is 44.5 Å². The minimum Gasteiger partial charge on any atom is -0.417 e. The summed E-state index contributed by atoms with van der Waals surface area (Å²) in [5.41, 5.74) is 10.8. The average molecular weight is 1910 g/mol. The Morgan fingerprint density at radius 3 is 1.06 bits per heavy atom. The van der Waals surface area contributed by atoms with E-state index in [9.17, 15) is 64.7 Å². The fourth-order valence-electron chi connectivity index (χ4n) is 17.5. The highest BCUT2D eigenvalue weighted by Crippen LogP contribution is 2.37. The molecule has 0 saturated carbocycles. The molecule has 9 aromatic heterocycles. The standard InChI is InChI=1S/C28H31FN6O2.C27H29F2N7O3.C23H25F2N5O2.C23H26FN5O2/c1-17(2)21-14-22(19-6-8-20(29)9-7-19)32-35-15-23(31-25(21)35)26(36)34-13-12-33(16-28(34,4)5)27(37)24-18(3)10-11-30-24;1-15(2)19-12-20(17-6-8-18(9-7-17)22(28)29)33-36-13-21(30-23(19)36)25(37)35-11-10-34(14-27(35,4)5)26(38)24-32-31-16(3)39-24;1-13(2)16-11-17(14-5-7-15(8-6-14)19(24)25)28-30-12-18(27-20(16)30)21(31)29-10-9-26-22(32)23(29,3)4;1-13(2)16-11-18(15-7-6-14(3)17(24)10-15)27-29-12-19(26-20(16)29)21(30)28-9-8-25-22(31)23(28,4)5/h6-10,14-15,17H,11-13,16H2,1-5H3;6-9,12-13,15,22H,10-11,14H2,1-5H3;5-8,11-13,19H,9-10H2,1-4H3,(H,26,32);6-7,10-13H,8-9H2,1-5H3,(H,25,31). The number of fused-ring (bicyclic) bond motifs is 4. The summed E-state index contributed by atoms with van der Waals surface area (Å²) in [7, 11) is 0. The molecule has 0 unspecified atom stereocenters. The number of amides is 8. The number of aryl methyl sites for hydroxylation is 2. The van der Waals surface area contributed by atoms with Crippen LogP contribution in [0.1, 0.15) is 252 Å². The molecular weight excluding hydrogens is 1790 g/mol. The van der Waals surface area contributed by atoms with Crippen molar-refractivity contribution < 1.29 is 69.1 Å². The molecule has 38 heteroatoms. The van der Waals surface area contributed by atoms with Crippen molar-refractivity contribution in [2.24, 2.45) is 4.99 Å². The normalized spacial score (nSPS) is 16.3. The van der Waals surface area contributed by atoms with Crippen LogP contribution in [0.15, 0.2) is 161 Å². The van der Waals surface area contributed by atoms with E-state index in [1.807, 2.05) is 113 Å². The molecule has 4 aromatic carbocycles. The number of imidazole rings is 4. The van der Waals surface area contributed by atoms with Crippen LogP contribution in [0.5, 0.6) is 0 Å². The van der Waals surface area contributed by atoms with Crippen molar-refractivity contribution in [3.63, 3.8) is 0 Å². The van der Waals surface area contributed by atoms with E-state index in [4.69, 9.17) is 9.40 Å². The SMILES string of the molecule is CC(C)c1cc(-c2ccc(C(F)F)cc2)nn2cc(C(=O)N3CCNC(=O)C3(C)C)nc12.CC1=CCN=C1C(=O)N1CCN(C(=O)c2cn3nc(-c4ccc(F)cc4)cc(C(C)C)c3n2)C(C)(C)C1.Cc1ccc(-c2cc(C(C)C)c3nc(C(=O)N4CCNC(=O)C4(C)C)cn3n2)cc1F.Cc1nnc(C(=O)N2CCN(C(=O)c3cn4nc(-c5ccc(C(F)F)cc5)cc(C(C)C)c4n3)C(C)(C)C2)o1. The number of alkyl halides is 4. The van der Waals surface area contributed by atoms with E-state index in [2.05, 4.69) is 75.0 Å². The summed E-state index contributed by atoms with van der Waals surface area (Å²) in [4.78, 5) is 137. The molecule has 4 fully saturated rings. The molecule has 18 rings (SSSR count). The van der Waals surface area contributed by atoms with Gasteiger partial charge in [-0.3, -0.25) is 43.3 Å². The molecule has 0 aliphatic carbocycles. The molecule has 32 nitrogen and oxygen atoms in total. The van der Waals surface area contributed by atoms with E-state index in [1.165, 1.54) is 47.4 Å². The van der Waals surface area contributed by atoms with Crippen LogP contribution >= 0.6 is 0 Å². The molecule has 0 spiro atoms. The predicted octanol–water partition coefficient (Wildman–Crippen LogP) is 15.8. The molecule has 8 amide bonds. The second-order valence-corrected chi connectivity index (χ2v) is 38.7. The van der Waals surface area contributed by atoms with Crippen LogP contribution < -0.4 is 10.6 Å². The Labute approximate surface area is 798 Å². The molecule has 0 bridgehead atoms. The van der Waals surface area contributed by atoms with Crippen molar-refractivity contribution in [1.82, 2.24) is 109 Å². The number of piperazine rings is 4. The van der Waals surface area contributed by atoms with E-state index in [1.54, 1.807) is 151 Å². The quantitative estimate of drug-likeness (QED) is 0.0848. The molecule has 139 heavy (non-hydrogen) atoms. The van der Waals surface area contributed by atoms with Gasteiger partial charge in [-0.05, 0) is 159 Å². The maximum atomic E-state index is 14.1. The van der Waals surface area contributed by atoms with E-state index < -0.39 is 35.0 Å². The first-order chi connectivity index (χ1) is 65.7. The average Bonchev–Trinajstić information content (AvgIpc) is 1.61. The zero-order valence-electron chi connectivity index (χ0n) is 80.9. The number of nitrogens with zero attached hydrogens (tertiary/aromatic N) is 21. The van der Waals surface area contributed by atoms with Gasteiger partial charge in [0.25, 0.3) is 42.4 Å². The van der Waals surface area contributed by atoms with Crippen LogP contribution in [0.2, 0.25) is 0 Å². The van der Waals surface area contributed by atoms with Gasteiger partial charge in [0.2, 0.25) is 17.7 Å². The van der Waals surface area contributed by atoms with Crippen molar-refractivity contribution in [3.05, 3.63) is 237 Å². The molecule has 4 saturated heterocycles. The predicted molar refractivity (Wildman–Crippen MR) is 509 cm³/mol. The van der Waals surface area contributed by atoms with Gasteiger partial charge >= 0.3 is 11.8 Å². The third-order valence-electron chi connectivity index (χ3n) is 25.7. The Balaban J connectivity index is 0.000000141. The van der Waals surface area contributed by atoms with E-state index in [-0.39, 0.29) is 123 Å². The van der Waals surface area contributed by atoms with Gasteiger partial charge in [0.1, 0.15) is 51.2 Å². The Morgan fingerprint density at radius 2 is 0.741 bits per heavy atom. The fraction of sp³-hybridized carbons (Fsp3) is 0.396. The summed E-state index contributed by atoms with van der Waals surface area (Å²) in [5.74, 6) is -1.96. The topological polar surface area (TPSA) is 352 Å². The summed E-state index contributed by atoms with van der Waals surface area (Å²) in [6, 6.07) is 30.8. The molecule has 0 radical (unpaired) electrons. The summed E-state index contributed by atoms with van der Waals surface area (Å²) in [6.07, 6.45) is 3.26. The number of hydrogen-bond donors (Lipinski definition) is 2. The Kier molecular flexibility index (Phi) is 27.7. The van der Waals surface area contributed by atoms with Gasteiger partial charge in [0.05, 0.1) is 65.2 Å². The number of nitrogens with one attached hydrogen (secondary N) is 2. The van der Waals surface area contributed by atoms with Gasteiger partial charge in [-0.25, -0.2) is 64.3 Å². The smallest absolute Gasteiger partial charge is 0.311 e. The lowest BCUT2D eigenvalue weighted by molar-refractivity contribution is -0.133. The third kappa shape index (κ3) is 20.2. The van der Waals surface area contributed by atoms with Crippen molar-refractivity contribution in [1.29, 1.82) is 0 Å². The van der Waals surface area contributed by atoms with Crippen LogP contribution in [0.25, 0.3) is 67.6 Å². The van der Waals surface area contributed by atoms with E-state index in [0.29, 0.717) is 150 Å². The lowest BCUT2D eigenvalue weighted by Crippen LogP contribution is -2.63. The van der Waals surface area contributed by atoms with Crippen LogP contribution in [0.4, 0.5) is 26.3 Å². The Hall–Kier alpha value is -14.8. The van der Waals surface area contributed by atoms with Crippen molar-refractivity contribution in [2.75, 3.05) is 72.0 Å². The van der Waals surface area contributed by atoms with Gasteiger partial charge in [-0.1, -0.05) is 122 Å². The Bertz CT molecular complexity index is 7030. The van der Waals surface area contributed by atoms with E-state index in [0.717, 1.165) is 33.4 Å². The minimum atomic E-state index is -2.55. The van der Waals surface area contributed by atoms with Crippen LogP contribution in [0.3, 0.4) is 0 Å². The monoisotopic (exact) mass is 1900 g/mol. The zero-order valence-corrected chi connectivity index (χ0v) is 80.9. The first-order valence-electron chi connectivity index (χ1n) is 46.0. The second kappa shape index (κ2) is 39.0. The number of aliphatic imine (C=N–C) groups is 1. The molecule has 5 aliphatic rings. The second-order valence-electron chi connectivity index (χ2n) is 38.7. The molecule has 13 aromatic rings. The highest BCUT2D eigenvalue weighted by Gasteiger charge is 2.46. The van der Waals surface area contributed by atoms with Crippen LogP contribution in [-0.2, 0) is 14.4 Å². The summed E-state index contributed by atoms with van der Waals surface area (Å²) >= 11 is 0. The number of aromatic nitrogens is 14. The zero-order chi connectivity index (χ0) is 100. The van der Waals surface area contributed by atoms with Crippen LogP contribution in [0, 0.1) is 25.5 Å². The third-order valence-corrected chi connectivity index (χ3v) is 25.7. The van der Waals surface area contributed by atoms with E-state index >= 15 is 0 Å². The summed E-state index contributed by atoms with van der Waals surface area (Å²) in [6.45, 7) is 40.2. The number of benzene rings is 4. The molecule has 14 heterocycles. The molecule has 2 N–H and O–H groups in total. The van der Waals surface area contributed by atoms with Crippen molar-refractivity contribution >= 4 is 75.6 Å². The van der Waals surface area contributed by atoms with Gasteiger partial charge in [0.15, 0.2) is 22.6 Å². The number of rotatable bonds is 16. The highest BCUT2D eigenvalue weighted by molar-refractivity contribution is 6.45. The Morgan fingerprint density at radius 1 is 0.403 bits per heavy atom. The van der Waals surface area contributed by atoms with Gasteiger partial charge in [0, 0.05) is 128 Å². The lowest BCUT2D eigenvalue weighted by atomic mass is 9.97. The first kappa shape index (κ1) is 98.8. The number of carbonyl (C=O) groups is 8. The maximum Gasteiger partial charge on any atom is 0.311 e. The number of carbonyl (C=O) groups excluding carboxylic acids is 8. The molecule has 0 atom stereocenters. The maximum absolute atomic E-state index is 14.1. The first-order valence-corrected chi connectivity index (χ1v) is 46.0. The lowest BCUT2D eigenvalue weighted by Gasteiger charge is -2.46. The highest BCUT2D eigenvalue weighted by atomic mass is 19.3. The minimum absolute atomic E-state index is 0.0531.